The van der Waals surface area contributed by atoms with Gasteiger partial charge >= 0.3 is 0 Å². The van der Waals surface area contributed by atoms with Gasteiger partial charge in [0.15, 0.2) is 0 Å². The molecule has 0 N–H and O–H groups in total. The second kappa shape index (κ2) is 17.7. The van der Waals surface area contributed by atoms with E-state index in [4.69, 9.17) is 9.72 Å². The van der Waals surface area contributed by atoms with E-state index in [0.29, 0.717) is 6.67 Å². The molecule has 2 aromatic heterocycles. The Bertz CT molecular complexity index is 3700. The molecule has 11 aromatic rings. The Labute approximate surface area is 416 Å². The number of rotatable bonds is 9. The van der Waals surface area contributed by atoms with E-state index in [1.807, 2.05) is 6.20 Å². The van der Waals surface area contributed by atoms with E-state index in [9.17, 15) is 0 Å². The summed E-state index contributed by atoms with van der Waals surface area (Å²) in [6.07, 6.45) is 2.02. The molecular weight excluding hydrogens is 865 g/mol. The third kappa shape index (κ3) is 7.99. The average Bonchev–Trinajstić information content (AvgIpc) is 3.95. The Kier molecular flexibility index (Phi) is 10.9. The van der Waals surface area contributed by atoms with Crippen LogP contribution in [0.25, 0.3) is 72.1 Å². The van der Waals surface area contributed by atoms with Gasteiger partial charge in [0.2, 0.25) is 0 Å². The SMILES string of the molecule is Cc1ccc(-c2cnc(-n3c4ccccc4c4c(-c5ccc(C(C)(C)C)cc5)cc(Oc5cccc(N6CN(c7c(-c8ccccc8)cccc7-c7ccccc7)c7ccccc76)c5)cc43)cc2C)cc1. The second-order valence-electron chi connectivity index (χ2n) is 19.8. The fraction of sp³-hybridized carbons (Fsp3) is 0.106. The topological polar surface area (TPSA) is 33.5 Å². The molecular formula is C66H54N4O. The number of pyridine rings is 1. The molecule has 1 aliphatic rings. The predicted octanol–water partition coefficient (Wildman–Crippen LogP) is 17.8. The minimum absolute atomic E-state index is 0.0243. The van der Waals surface area contributed by atoms with E-state index in [1.54, 1.807) is 0 Å². The van der Waals surface area contributed by atoms with Crippen LogP contribution < -0.4 is 14.5 Å². The Morgan fingerprint density at radius 3 is 1.73 bits per heavy atom. The molecule has 344 valence electrons. The smallest absolute Gasteiger partial charge is 0.137 e. The molecule has 0 unspecified atom stereocenters. The largest absolute Gasteiger partial charge is 0.457 e. The van der Waals surface area contributed by atoms with E-state index in [0.717, 1.165) is 84.0 Å². The van der Waals surface area contributed by atoms with Crippen molar-refractivity contribution in [3.8, 4) is 61.8 Å². The highest BCUT2D eigenvalue weighted by atomic mass is 16.5. The number of anilines is 4. The van der Waals surface area contributed by atoms with Crippen LogP contribution in [0.1, 0.15) is 37.5 Å². The van der Waals surface area contributed by atoms with Crippen LogP contribution in [0.15, 0.2) is 225 Å². The maximum absolute atomic E-state index is 7.10. The minimum atomic E-state index is 0.0243. The predicted molar refractivity (Wildman–Crippen MR) is 297 cm³/mol. The lowest BCUT2D eigenvalue weighted by Crippen LogP contribution is -2.24. The van der Waals surface area contributed by atoms with Gasteiger partial charge in [-0.3, -0.25) is 4.57 Å². The molecule has 0 amide bonds. The fourth-order valence-electron chi connectivity index (χ4n) is 10.5. The van der Waals surface area contributed by atoms with Gasteiger partial charge in [-0.1, -0.05) is 190 Å². The lowest BCUT2D eigenvalue weighted by Gasteiger charge is -2.27. The standard InChI is InChI=1S/C66H54N4O/c1-44-30-32-49(33-31-44)58-42-67-63(38-45(58)2)70-59-27-13-12-24-56(59)64-57(48-34-36-50(37-35-48)66(3,4)5)40-53(41-62(64)70)71-52-23-16-22-51(39-52)68-43-69(61-29-15-14-28-60(61)68)65-54(46-18-8-6-9-19-46)25-17-26-55(65)47-20-10-7-11-21-47/h6-42H,43H2,1-5H3. The molecule has 12 rings (SSSR count). The molecule has 71 heavy (non-hydrogen) atoms. The summed E-state index contributed by atoms with van der Waals surface area (Å²) in [6.45, 7) is 11.7. The number of aromatic nitrogens is 2. The van der Waals surface area contributed by atoms with Gasteiger partial charge in [-0.05, 0) is 101 Å². The molecule has 0 aliphatic carbocycles. The van der Waals surface area contributed by atoms with E-state index >= 15 is 0 Å². The number of benzene rings is 9. The van der Waals surface area contributed by atoms with E-state index in [1.165, 1.54) is 39.1 Å². The number of hydrogen-bond donors (Lipinski definition) is 0. The van der Waals surface area contributed by atoms with Gasteiger partial charge in [0.25, 0.3) is 0 Å². The van der Waals surface area contributed by atoms with Gasteiger partial charge in [0, 0.05) is 51.5 Å². The molecule has 5 nitrogen and oxygen atoms in total. The number of ether oxygens (including phenoxy) is 1. The highest BCUT2D eigenvalue weighted by molar-refractivity contribution is 6.16. The molecule has 1 aliphatic heterocycles. The Balaban J connectivity index is 0.974. The molecule has 0 saturated heterocycles. The molecule has 0 fully saturated rings. The van der Waals surface area contributed by atoms with Crippen LogP contribution >= 0.6 is 0 Å². The van der Waals surface area contributed by atoms with Gasteiger partial charge in [0.05, 0.1) is 28.1 Å². The van der Waals surface area contributed by atoms with Crippen LogP contribution in [0.2, 0.25) is 0 Å². The van der Waals surface area contributed by atoms with Gasteiger partial charge in [-0.15, -0.1) is 0 Å². The maximum Gasteiger partial charge on any atom is 0.137 e. The van der Waals surface area contributed by atoms with Crippen molar-refractivity contribution < 1.29 is 4.74 Å². The van der Waals surface area contributed by atoms with Crippen LogP contribution in [0.4, 0.5) is 22.7 Å². The van der Waals surface area contributed by atoms with Crippen LogP contribution in [-0.4, -0.2) is 16.2 Å². The van der Waals surface area contributed by atoms with Crippen molar-refractivity contribution in [1.82, 2.24) is 9.55 Å². The molecule has 0 saturated carbocycles. The van der Waals surface area contributed by atoms with Crippen molar-refractivity contribution in [3.63, 3.8) is 0 Å². The monoisotopic (exact) mass is 918 g/mol. The second-order valence-corrected chi connectivity index (χ2v) is 19.8. The number of para-hydroxylation sites is 4. The van der Waals surface area contributed by atoms with Crippen molar-refractivity contribution in [1.29, 1.82) is 0 Å². The number of nitrogens with zero attached hydrogens (tertiary/aromatic N) is 4. The molecule has 5 heteroatoms. The zero-order valence-corrected chi connectivity index (χ0v) is 40.8. The number of aryl methyl sites for hydroxylation is 2. The summed E-state index contributed by atoms with van der Waals surface area (Å²) in [5, 5.41) is 2.32. The molecule has 0 atom stereocenters. The maximum atomic E-state index is 7.10. The third-order valence-corrected chi connectivity index (χ3v) is 14.1. The Hall–Kier alpha value is -8.67. The summed E-state index contributed by atoms with van der Waals surface area (Å²) < 4.78 is 9.41. The minimum Gasteiger partial charge on any atom is -0.457 e. The van der Waals surface area contributed by atoms with Crippen LogP contribution in [0.5, 0.6) is 11.5 Å². The summed E-state index contributed by atoms with van der Waals surface area (Å²) >= 11 is 0. The highest BCUT2D eigenvalue weighted by Crippen LogP contribution is 2.51. The highest BCUT2D eigenvalue weighted by Gasteiger charge is 2.31. The summed E-state index contributed by atoms with van der Waals surface area (Å²) in [5.74, 6) is 2.36. The van der Waals surface area contributed by atoms with Crippen LogP contribution in [0, 0.1) is 13.8 Å². The Morgan fingerprint density at radius 2 is 1.06 bits per heavy atom. The van der Waals surface area contributed by atoms with Crippen molar-refractivity contribution >= 4 is 44.6 Å². The van der Waals surface area contributed by atoms with E-state index in [-0.39, 0.29) is 5.41 Å². The molecule has 0 bridgehead atoms. The Morgan fingerprint density at radius 1 is 0.465 bits per heavy atom. The lowest BCUT2D eigenvalue weighted by molar-refractivity contribution is 0.483. The zero-order chi connectivity index (χ0) is 48.2. The molecule has 3 heterocycles. The normalized spacial score (nSPS) is 12.5. The van der Waals surface area contributed by atoms with Crippen molar-refractivity contribution in [2.45, 2.75) is 40.0 Å². The van der Waals surface area contributed by atoms with Crippen LogP contribution in [0.3, 0.4) is 0 Å². The average molecular weight is 919 g/mol. The lowest BCUT2D eigenvalue weighted by atomic mass is 9.86. The zero-order valence-electron chi connectivity index (χ0n) is 40.8. The molecule has 9 aromatic carbocycles. The summed E-state index contributed by atoms with van der Waals surface area (Å²) in [4.78, 5) is 10.1. The first kappa shape index (κ1) is 43.6. The molecule has 0 spiro atoms. The van der Waals surface area contributed by atoms with E-state index in [2.05, 4.69) is 267 Å². The number of hydrogen-bond acceptors (Lipinski definition) is 4. The third-order valence-electron chi connectivity index (χ3n) is 14.1. The van der Waals surface area contributed by atoms with E-state index < -0.39 is 0 Å². The van der Waals surface area contributed by atoms with Gasteiger partial charge in [-0.2, -0.15) is 0 Å². The fourth-order valence-corrected chi connectivity index (χ4v) is 10.5. The quantitative estimate of drug-likeness (QED) is 0.144. The van der Waals surface area contributed by atoms with Gasteiger partial charge in [-0.25, -0.2) is 4.98 Å². The van der Waals surface area contributed by atoms with Gasteiger partial charge < -0.3 is 14.5 Å². The molecule has 0 radical (unpaired) electrons. The van der Waals surface area contributed by atoms with Crippen molar-refractivity contribution in [2.75, 3.05) is 16.5 Å². The summed E-state index contributed by atoms with van der Waals surface area (Å²) in [5.41, 5.74) is 19.6. The van der Waals surface area contributed by atoms with Gasteiger partial charge in [0.1, 0.15) is 24.0 Å². The summed E-state index contributed by atoms with van der Waals surface area (Å²) in [7, 11) is 0. The summed E-state index contributed by atoms with van der Waals surface area (Å²) in [6, 6.07) is 78.5. The first-order chi connectivity index (χ1) is 34.7. The first-order valence-electron chi connectivity index (χ1n) is 24.5. The van der Waals surface area contributed by atoms with Crippen LogP contribution in [-0.2, 0) is 5.41 Å². The number of fused-ring (bicyclic) bond motifs is 4. The van der Waals surface area contributed by atoms with Crippen molar-refractivity contribution in [3.05, 3.63) is 241 Å². The first-order valence-corrected chi connectivity index (χ1v) is 24.5. The van der Waals surface area contributed by atoms with Crippen molar-refractivity contribution in [2.24, 2.45) is 0 Å².